The maximum Gasteiger partial charge on any atom is 0.317 e. The lowest BCUT2D eigenvalue weighted by Crippen LogP contribution is -2.38. The molecular formula is C18H28N2O4. The van der Waals surface area contributed by atoms with E-state index in [0.717, 1.165) is 23.3 Å². The molecule has 0 spiro atoms. The first-order valence-electron chi connectivity index (χ1n) is 8.22. The molecule has 0 radical (unpaired) electrons. The van der Waals surface area contributed by atoms with Crippen molar-refractivity contribution in [3.05, 3.63) is 29.3 Å². The number of amides is 2. The van der Waals surface area contributed by atoms with E-state index in [-0.39, 0.29) is 19.0 Å². The molecule has 0 bridgehead atoms. The average molecular weight is 336 g/mol. The minimum absolute atomic E-state index is 0.0714. The number of urea groups is 1. The molecule has 6 nitrogen and oxygen atoms in total. The van der Waals surface area contributed by atoms with E-state index in [4.69, 9.17) is 9.84 Å². The number of benzene rings is 1. The van der Waals surface area contributed by atoms with Crippen LogP contribution >= 0.6 is 0 Å². The standard InChI is InChI=1S/C18H28N2O4/c1-13(2)8-10-24-16-11-14(3)5-6-15(16)12-19-18(23)20(4)9-7-17(21)22/h5-6,11,13H,7-10,12H2,1-4H3,(H,19,23)(H,21,22). The normalized spacial score (nSPS) is 10.5. The maximum absolute atomic E-state index is 12.0. The number of carbonyl (C=O) groups is 2. The van der Waals surface area contributed by atoms with Crippen molar-refractivity contribution in [1.82, 2.24) is 10.2 Å². The van der Waals surface area contributed by atoms with Crippen LogP contribution in [0.15, 0.2) is 18.2 Å². The Labute approximate surface area is 143 Å². The molecule has 0 unspecified atom stereocenters. The van der Waals surface area contributed by atoms with Crippen molar-refractivity contribution in [3.63, 3.8) is 0 Å². The first-order chi connectivity index (χ1) is 11.3. The molecule has 0 heterocycles. The van der Waals surface area contributed by atoms with Crippen LogP contribution in [-0.4, -0.2) is 42.2 Å². The maximum atomic E-state index is 12.0. The monoisotopic (exact) mass is 336 g/mol. The van der Waals surface area contributed by atoms with Crippen molar-refractivity contribution in [2.45, 2.75) is 40.2 Å². The summed E-state index contributed by atoms with van der Waals surface area (Å²) in [5, 5.41) is 11.5. The van der Waals surface area contributed by atoms with E-state index < -0.39 is 5.97 Å². The van der Waals surface area contributed by atoms with Crippen molar-refractivity contribution in [2.75, 3.05) is 20.2 Å². The highest BCUT2D eigenvalue weighted by Gasteiger charge is 2.11. The van der Waals surface area contributed by atoms with Crippen LogP contribution in [0.2, 0.25) is 0 Å². The summed E-state index contributed by atoms with van der Waals surface area (Å²) in [6, 6.07) is 5.59. The zero-order valence-corrected chi connectivity index (χ0v) is 15.0. The van der Waals surface area contributed by atoms with Crippen LogP contribution in [0.1, 0.15) is 37.8 Å². The largest absolute Gasteiger partial charge is 0.493 e. The molecule has 0 atom stereocenters. The molecule has 2 N–H and O–H groups in total. The number of carboxylic acids is 1. The number of hydrogen-bond donors (Lipinski definition) is 2. The summed E-state index contributed by atoms with van der Waals surface area (Å²) in [5.74, 6) is 0.430. The summed E-state index contributed by atoms with van der Waals surface area (Å²) in [5.41, 5.74) is 2.01. The molecule has 2 amide bonds. The summed E-state index contributed by atoms with van der Waals surface area (Å²) < 4.78 is 5.86. The third-order valence-corrected chi connectivity index (χ3v) is 3.61. The van der Waals surface area contributed by atoms with E-state index in [9.17, 15) is 9.59 Å². The number of carboxylic acid groups (broad SMARTS) is 1. The highest BCUT2D eigenvalue weighted by molar-refractivity contribution is 5.75. The van der Waals surface area contributed by atoms with Crippen LogP contribution in [0.5, 0.6) is 5.75 Å². The van der Waals surface area contributed by atoms with E-state index in [0.29, 0.717) is 19.1 Å². The fourth-order valence-electron chi connectivity index (χ4n) is 2.02. The second-order valence-electron chi connectivity index (χ2n) is 6.37. The molecule has 1 aromatic rings. The van der Waals surface area contributed by atoms with Gasteiger partial charge in [0.05, 0.1) is 13.0 Å². The van der Waals surface area contributed by atoms with Crippen molar-refractivity contribution in [1.29, 1.82) is 0 Å². The zero-order valence-electron chi connectivity index (χ0n) is 15.0. The molecule has 6 heteroatoms. The molecule has 0 saturated carbocycles. The van der Waals surface area contributed by atoms with Crippen molar-refractivity contribution >= 4 is 12.0 Å². The van der Waals surface area contributed by atoms with Crippen LogP contribution in [0.25, 0.3) is 0 Å². The number of aliphatic carboxylic acids is 1. The van der Waals surface area contributed by atoms with Crippen LogP contribution in [0.4, 0.5) is 4.79 Å². The molecule has 0 aliphatic rings. The Bertz CT molecular complexity index is 558. The molecule has 0 saturated heterocycles. The van der Waals surface area contributed by atoms with Crippen LogP contribution in [0.3, 0.4) is 0 Å². The van der Waals surface area contributed by atoms with Gasteiger partial charge in [0.1, 0.15) is 5.75 Å². The zero-order chi connectivity index (χ0) is 18.1. The SMILES string of the molecule is Cc1ccc(CNC(=O)N(C)CCC(=O)O)c(OCCC(C)C)c1. The second kappa shape index (κ2) is 9.80. The Kier molecular flexibility index (Phi) is 8.09. The predicted molar refractivity (Wildman–Crippen MR) is 93.2 cm³/mol. The van der Waals surface area contributed by atoms with E-state index >= 15 is 0 Å². The Morgan fingerprint density at radius 2 is 2.04 bits per heavy atom. The quantitative estimate of drug-likeness (QED) is 0.726. The van der Waals surface area contributed by atoms with Gasteiger partial charge in [-0.3, -0.25) is 4.79 Å². The molecule has 0 aliphatic heterocycles. The van der Waals surface area contributed by atoms with Gasteiger partial charge in [-0.15, -0.1) is 0 Å². The summed E-state index contributed by atoms with van der Waals surface area (Å²) >= 11 is 0. The first-order valence-corrected chi connectivity index (χ1v) is 8.22. The van der Waals surface area contributed by atoms with Gasteiger partial charge >= 0.3 is 12.0 Å². The van der Waals surface area contributed by atoms with Crippen molar-refractivity contribution < 1.29 is 19.4 Å². The fourth-order valence-corrected chi connectivity index (χ4v) is 2.02. The molecule has 1 rings (SSSR count). The Morgan fingerprint density at radius 1 is 1.33 bits per heavy atom. The minimum Gasteiger partial charge on any atom is -0.493 e. The van der Waals surface area contributed by atoms with Gasteiger partial charge in [-0.2, -0.15) is 0 Å². The van der Waals surface area contributed by atoms with Gasteiger partial charge in [-0.05, 0) is 30.9 Å². The number of carbonyl (C=O) groups excluding carboxylic acids is 1. The van der Waals surface area contributed by atoms with Crippen molar-refractivity contribution in [3.8, 4) is 5.75 Å². The van der Waals surface area contributed by atoms with Gasteiger partial charge in [0.15, 0.2) is 0 Å². The first kappa shape index (κ1) is 19.8. The Morgan fingerprint density at radius 3 is 2.67 bits per heavy atom. The van der Waals surface area contributed by atoms with Gasteiger partial charge < -0.3 is 20.1 Å². The second-order valence-corrected chi connectivity index (χ2v) is 6.37. The fraction of sp³-hybridized carbons (Fsp3) is 0.556. The number of nitrogens with one attached hydrogen (secondary N) is 1. The summed E-state index contributed by atoms with van der Waals surface area (Å²) in [4.78, 5) is 23.9. The van der Waals surface area contributed by atoms with Gasteiger partial charge in [-0.25, -0.2) is 4.79 Å². The molecule has 0 fully saturated rings. The molecule has 0 aromatic heterocycles. The highest BCUT2D eigenvalue weighted by Crippen LogP contribution is 2.21. The molecule has 134 valence electrons. The van der Waals surface area contributed by atoms with E-state index in [1.54, 1.807) is 7.05 Å². The van der Waals surface area contributed by atoms with E-state index in [1.807, 2.05) is 25.1 Å². The number of nitrogens with zero attached hydrogens (tertiary/aromatic N) is 1. The topological polar surface area (TPSA) is 78.9 Å². The summed E-state index contributed by atoms with van der Waals surface area (Å²) in [6.45, 7) is 7.44. The lowest BCUT2D eigenvalue weighted by molar-refractivity contribution is -0.137. The number of hydrogen-bond acceptors (Lipinski definition) is 3. The van der Waals surface area contributed by atoms with Crippen LogP contribution in [-0.2, 0) is 11.3 Å². The van der Waals surface area contributed by atoms with Crippen LogP contribution < -0.4 is 10.1 Å². The number of ether oxygens (including phenoxy) is 1. The summed E-state index contributed by atoms with van der Waals surface area (Å²) in [7, 11) is 1.58. The highest BCUT2D eigenvalue weighted by atomic mass is 16.5. The molecule has 24 heavy (non-hydrogen) atoms. The molecular weight excluding hydrogens is 308 g/mol. The van der Waals surface area contributed by atoms with Gasteiger partial charge in [-0.1, -0.05) is 26.0 Å². The smallest absolute Gasteiger partial charge is 0.317 e. The molecule has 1 aromatic carbocycles. The van der Waals surface area contributed by atoms with Gasteiger partial charge in [0, 0.05) is 25.7 Å². The lowest BCUT2D eigenvalue weighted by atomic mass is 10.1. The third kappa shape index (κ3) is 7.35. The Hall–Kier alpha value is -2.24. The molecule has 0 aliphatic carbocycles. The number of rotatable bonds is 9. The third-order valence-electron chi connectivity index (χ3n) is 3.61. The van der Waals surface area contributed by atoms with Gasteiger partial charge in [0.2, 0.25) is 0 Å². The Balaban J connectivity index is 2.59. The van der Waals surface area contributed by atoms with E-state index in [1.165, 1.54) is 4.90 Å². The minimum atomic E-state index is -0.922. The van der Waals surface area contributed by atoms with Crippen LogP contribution in [0, 0.1) is 12.8 Å². The average Bonchev–Trinajstić information content (AvgIpc) is 2.51. The predicted octanol–water partition coefficient (Wildman–Crippen LogP) is 3.04. The van der Waals surface area contributed by atoms with Gasteiger partial charge in [0.25, 0.3) is 0 Å². The van der Waals surface area contributed by atoms with E-state index in [2.05, 4.69) is 19.2 Å². The summed E-state index contributed by atoms with van der Waals surface area (Å²) in [6.07, 6.45) is 0.898. The van der Waals surface area contributed by atoms with Crippen molar-refractivity contribution in [2.24, 2.45) is 5.92 Å². The lowest BCUT2D eigenvalue weighted by Gasteiger charge is -2.18. The number of aryl methyl sites for hydroxylation is 1.